The lowest BCUT2D eigenvalue weighted by molar-refractivity contribution is -0.112. The summed E-state index contributed by atoms with van der Waals surface area (Å²) in [4.78, 5) is 18.0. The first-order chi connectivity index (χ1) is 5.27. The molecule has 0 aromatic heterocycles. The highest BCUT2D eigenvalue weighted by Gasteiger charge is 2.25. The van der Waals surface area contributed by atoms with Gasteiger partial charge in [0.05, 0.1) is 11.4 Å². The third kappa shape index (κ3) is 1.07. The standard InChI is InChI=1S/C7H8N2OS/c1-5(10)6-4-9-3-2-8-7(9)11-6/h4H,2-3H2,1H3. The second-order valence-corrected chi connectivity index (χ2v) is 3.52. The molecule has 0 saturated heterocycles. The molecule has 2 aliphatic rings. The van der Waals surface area contributed by atoms with Gasteiger partial charge in [-0.25, -0.2) is 0 Å². The number of rotatable bonds is 1. The van der Waals surface area contributed by atoms with Crippen molar-refractivity contribution in [1.82, 2.24) is 4.90 Å². The summed E-state index contributed by atoms with van der Waals surface area (Å²) in [5, 5.41) is 0.982. The number of hydrogen-bond acceptors (Lipinski definition) is 4. The summed E-state index contributed by atoms with van der Waals surface area (Å²) in [6, 6.07) is 0. The molecule has 4 heteroatoms. The first kappa shape index (κ1) is 6.91. The van der Waals surface area contributed by atoms with Crippen molar-refractivity contribution in [3.63, 3.8) is 0 Å². The number of ketones is 1. The Kier molecular flexibility index (Phi) is 1.49. The molecule has 2 aliphatic heterocycles. The van der Waals surface area contributed by atoms with Crippen LogP contribution >= 0.6 is 11.8 Å². The van der Waals surface area contributed by atoms with Crippen LogP contribution in [0.25, 0.3) is 0 Å². The molecule has 58 valence electrons. The van der Waals surface area contributed by atoms with E-state index in [1.54, 1.807) is 6.92 Å². The van der Waals surface area contributed by atoms with Gasteiger partial charge in [-0.3, -0.25) is 9.79 Å². The second kappa shape index (κ2) is 2.37. The molecular formula is C7H8N2OS. The Labute approximate surface area is 69.2 Å². The SMILES string of the molecule is CC(=O)C1=CN2CCN=C2S1. The molecule has 0 bridgehead atoms. The third-order valence-electron chi connectivity index (χ3n) is 1.65. The van der Waals surface area contributed by atoms with Crippen LogP contribution in [0, 0.1) is 0 Å². The third-order valence-corrected chi connectivity index (χ3v) is 2.81. The molecule has 2 rings (SSSR count). The van der Waals surface area contributed by atoms with E-state index in [1.807, 2.05) is 11.1 Å². The fourth-order valence-corrected chi connectivity index (χ4v) is 2.02. The van der Waals surface area contributed by atoms with Crippen LogP contribution in [0.5, 0.6) is 0 Å². The highest BCUT2D eigenvalue weighted by atomic mass is 32.2. The molecule has 0 amide bonds. The summed E-state index contributed by atoms with van der Waals surface area (Å²) >= 11 is 1.48. The van der Waals surface area contributed by atoms with Gasteiger partial charge in [0.2, 0.25) is 0 Å². The zero-order valence-corrected chi connectivity index (χ0v) is 7.02. The Morgan fingerprint density at radius 2 is 2.64 bits per heavy atom. The van der Waals surface area contributed by atoms with Crippen molar-refractivity contribution >= 4 is 22.7 Å². The summed E-state index contributed by atoms with van der Waals surface area (Å²) in [5.74, 6) is 0.132. The molecule has 0 fully saturated rings. The lowest BCUT2D eigenvalue weighted by Crippen LogP contribution is -2.14. The number of thioether (sulfide) groups is 1. The number of Topliss-reactive ketones (excluding diaryl/α,β-unsaturated/α-hetero) is 1. The average Bonchev–Trinajstić information content (AvgIpc) is 2.40. The number of amidine groups is 1. The van der Waals surface area contributed by atoms with Crippen LogP contribution in [0.3, 0.4) is 0 Å². The fourth-order valence-electron chi connectivity index (χ4n) is 1.08. The lowest BCUT2D eigenvalue weighted by atomic mass is 10.4. The van der Waals surface area contributed by atoms with Crippen molar-refractivity contribution in [1.29, 1.82) is 0 Å². The molecule has 2 heterocycles. The highest BCUT2D eigenvalue weighted by molar-refractivity contribution is 8.18. The Morgan fingerprint density at radius 1 is 1.82 bits per heavy atom. The van der Waals surface area contributed by atoms with Crippen LogP contribution in [-0.4, -0.2) is 28.9 Å². The summed E-state index contributed by atoms with van der Waals surface area (Å²) in [7, 11) is 0. The van der Waals surface area contributed by atoms with Crippen LogP contribution in [0.1, 0.15) is 6.92 Å². The van der Waals surface area contributed by atoms with Gasteiger partial charge < -0.3 is 4.90 Å². The van der Waals surface area contributed by atoms with Crippen LogP contribution in [-0.2, 0) is 4.79 Å². The average molecular weight is 168 g/mol. The van der Waals surface area contributed by atoms with Gasteiger partial charge in [-0.15, -0.1) is 0 Å². The Balaban J connectivity index is 2.21. The van der Waals surface area contributed by atoms with E-state index in [0.717, 1.165) is 23.2 Å². The van der Waals surface area contributed by atoms with Crippen molar-refractivity contribution in [3.8, 4) is 0 Å². The summed E-state index contributed by atoms with van der Waals surface area (Å²) in [5.41, 5.74) is 0. The number of allylic oxidation sites excluding steroid dienone is 1. The Hall–Kier alpha value is -0.770. The van der Waals surface area contributed by atoms with Gasteiger partial charge in [-0.1, -0.05) is 0 Å². The molecule has 0 N–H and O–H groups in total. The number of nitrogens with zero attached hydrogens (tertiary/aromatic N) is 2. The summed E-state index contributed by atoms with van der Waals surface area (Å²) < 4.78 is 0. The maximum atomic E-state index is 10.9. The van der Waals surface area contributed by atoms with Crippen LogP contribution in [0.15, 0.2) is 16.1 Å². The molecule has 11 heavy (non-hydrogen) atoms. The smallest absolute Gasteiger partial charge is 0.168 e. The normalized spacial score (nSPS) is 21.4. The molecule has 0 radical (unpaired) electrons. The van der Waals surface area contributed by atoms with E-state index in [0.29, 0.717) is 0 Å². The molecule has 0 atom stereocenters. The number of carbonyl (C=O) groups excluding carboxylic acids is 1. The number of fused-ring (bicyclic) bond motifs is 1. The van der Waals surface area contributed by atoms with E-state index < -0.39 is 0 Å². The Bertz CT molecular complexity index is 270. The predicted molar refractivity (Wildman–Crippen MR) is 45.4 cm³/mol. The molecule has 3 nitrogen and oxygen atoms in total. The molecule has 0 aliphatic carbocycles. The van der Waals surface area contributed by atoms with Crippen LogP contribution in [0.4, 0.5) is 0 Å². The zero-order chi connectivity index (χ0) is 7.84. The molecule has 0 unspecified atom stereocenters. The molecular weight excluding hydrogens is 160 g/mol. The fraction of sp³-hybridized carbons (Fsp3) is 0.429. The van der Waals surface area contributed by atoms with Crippen molar-refractivity contribution in [2.75, 3.05) is 13.1 Å². The maximum absolute atomic E-state index is 10.9. The van der Waals surface area contributed by atoms with Crippen molar-refractivity contribution in [2.45, 2.75) is 6.92 Å². The number of hydrogen-bond donors (Lipinski definition) is 0. The van der Waals surface area contributed by atoms with Crippen molar-refractivity contribution in [2.24, 2.45) is 4.99 Å². The van der Waals surface area contributed by atoms with E-state index in [1.165, 1.54) is 11.8 Å². The molecule has 0 aromatic carbocycles. The minimum Gasteiger partial charge on any atom is -0.324 e. The zero-order valence-electron chi connectivity index (χ0n) is 6.20. The van der Waals surface area contributed by atoms with E-state index in [-0.39, 0.29) is 5.78 Å². The highest BCUT2D eigenvalue weighted by Crippen LogP contribution is 2.30. The first-order valence-corrected chi connectivity index (χ1v) is 4.31. The van der Waals surface area contributed by atoms with Gasteiger partial charge in [-0.05, 0) is 18.7 Å². The largest absolute Gasteiger partial charge is 0.324 e. The number of carbonyl (C=O) groups is 1. The second-order valence-electron chi connectivity index (χ2n) is 2.51. The van der Waals surface area contributed by atoms with Gasteiger partial charge in [-0.2, -0.15) is 0 Å². The number of aliphatic imine (C=N–C) groups is 1. The van der Waals surface area contributed by atoms with E-state index in [9.17, 15) is 4.79 Å². The van der Waals surface area contributed by atoms with Gasteiger partial charge in [0.1, 0.15) is 0 Å². The van der Waals surface area contributed by atoms with E-state index >= 15 is 0 Å². The minimum atomic E-state index is 0.132. The Morgan fingerprint density at radius 3 is 3.27 bits per heavy atom. The quantitative estimate of drug-likeness (QED) is 0.581. The first-order valence-electron chi connectivity index (χ1n) is 3.49. The predicted octanol–water partition coefficient (Wildman–Crippen LogP) is 0.835. The van der Waals surface area contributed by atoms with Crippen LogP contribution < -0.4 is 0 Å². The summed E-state index contributed by atoms with van der Waals surface area (Å²) in [6.07, 6.45) is 1.89. The van der Waals surface area contributed by atoms with Crippen molar-refractivity contribution in [3.05, 3.63) is 11.1 Å². The monoisotopic (exact) mass is 168 g/mol. The van der Waals surface area contributed by atoms with Gasteiger partial charge in [0, 0.05) is 12.7 Å². The lowest BCUT2D eigenvalue weighted by Gasteiger charge is -2.04. The minimum absolute atomic E-state index is 0.132. The van der Waals surface area contributed by atoms with Gasteiger partial charge >= 0.3 is 0 Å². The van der Waals surface area contributed by atoms with E-state index in [2.05, 4.69) is 4.99 Å². The molecule has 0 aromatic rings. The van der Waals surface area contributed by atoms with E-state index in [4.69, 9.17) is 0 Å². The van der Waals surface area contributed by atoms with Gasteiger partial charge in [0.15, 0.2) is 11.0 Å². The van der Waals surface area contributed by atoms with Crippen molar-refractivity contribution < 1.29 is 4.79 Å². The topological polar surface area (TPSA) is 32.7 Å². The van der Waals surface area contributed by atoms with Gasteiger partial charge in [0.25, 0.3) is 0 Å². The summed E-state index contributed by atoms with van der Waals surface area (Å²) in [6.45, 7) is 3.38. The maximum Gasteiger partial charge on any atom is 0.168 e. The molecule has 0 saturated carbocycles. The molecule has 0 spiro atoms. The van der Waals surface area contributed by atoms with Crippen LogP contribution in [0.2, 0.25) is 0 Å².